The number of phenols is 1. The quantitative estimate of drug-likeness (QED) is 0.169. The van der Waals surface area contributed by atoms with Crippen molar-refractivity contribution in [2.75, 3.05) is 13.2 Å². The molecule has 4 aromatic rings. The van der Waals surface area contributed by atoms with Crippen LogP contribution in [0.3, 0.4) is 0 Å². The summed E-state index contributed by atoms with van der Waals surface area (Å²) in [4.78, 5) is 34.0. The summed E-state index contributed by atoms with van der Waals surface area (Å²) in [6.07, 6.45) is 0. The Morgan fingerprint density at radius 2 is 1.32 bits per heavy atom. The van der Waals surface area contributed by atoms with Crippen LogP contribution in [0.15, 0.2) is 84.9 Å². The summed E-state index contributed by atoms with van der Waals surface area (Å²) < 4.78 is 31.3. The van der Waals surface area contributed by atoms with E-state index in [2.05, 4.69) is 0 Å². The Morgan fingerprint density at radius 1 is 0.800 bits per heavy atom. The summed E-state index contributed by atoms with van der Waals surface area (Å²) in [7, 11) is 0. The van der Waals surface area contributed by atoms with Gasteiger partial charge in [-0.1, -0.05) is 0 Å². The van der Waals surface area contributed by atoms with Crippen molar-refractivity contribution in [3.8, 4) is 17.2 Å². The Morgan fingerprint density at radius 3 is 1.90 bits per heavy atom. The van der Waals surface area contributed by atoms with Gasteiger partial charge in [-0.15, -0.1) is 0 Å². The smallest absolute Gasteiger partial charge is 0.312 e. The van der Waals surface area contributed by atoms with Gasteiger partial charge in [-0.25, -0.2) is 0 Å². The molecule has 0 atom stereocenters. The number of carbonyl (C=O) groups excluding carboxylic acids is 1. The summed E-state index contributed by atoms with van der Waals surface area (Å²) in [6.45, 7) is 0.698. The molecule has 202 valence electrons. The van der Waals surface area contributed by atoms with Gasteiger partial charge < -0.3 is 19.3 Å². The third kappa shape index (κ3) is 4.96. The number of ketones is 1. The van der Waals surface area contributed by atoms with Crippen molar-refractivity contribution in [1.82, 2.24) is 0 Å². The van der Waals surface area contributed by atoms with E-state index in [0.717, 1.165) is 24.3 Å². The van der Waals surface area contributed by atoms with Crippen LogP contribution in [0.5, 0.6) is 17.2 Å². The standard InChI is InChI=1S/C28H19FN2O9/c29-23-11-1-17(15-24(23)30(34)35)27(33)18-2-12-26(25(16-18)31(36)37)40-22-9-5-20(6-10-22)28(38-13-14-39-28)19-3-7-21(32)8-4-19/h1-12,15-16,32H,13-14H2. The molecular formula is C28H19FN2O9. The first-order valence-corrected chi connectivity index (χ1v) is 11.8. The lowest BCUT2D eigenvalue weighted by Gasteiger charge is -2.28. The van der Waals surface area contributed by atoms with Gasteiger partial charge in [-0.05, 0) is 72.8 Å². The van der Waals surface area contributed by atoms with E-state index >= 15 is 0 Å². The fraction of sp³-hybridized carbons (Fsp3) is 0.107. The highest BCUT2D eigenvalue weighted by Gasteiger charge is 2.40. The van der Waals surface area contributed by atoms with E-state index in [1.54, 1.807) is 36.4 Å². The Bertz CT molecular complexity index is 1620. The monoisotopic (exact) mass is 546 g/mol. The number of rotatable bonds is 8. The average Bonchev–Trinajstić information content (AvgIpc) is 3.45. The Balaban J connectivity index is 1.41. The molecule has 0 amide bonds. The maximum Gasteiger partial charge on any atom is 0.312 e. The summed E-state index contributed by atoms with van der Waals surface area (Å²) >= 11 is 0. The molecule has 0 bridgehead atoms. The van der Waals surface area contributed by atoms with Crippen molar-refractivity contribution in [2.45, 2.75) is 5.79 Å². The molecule has 1 saturated heterocycles. The molecular weight excluding hydrogens is 527 g/mol. The lowest BCUT2D eigenvalue weighted by atomic mass is 9.97. The predicted molar refractivity (Wildman–Crippen MR) is 137 cm³/mol. The molecule has 4 aromatic carbocycles. The second-order valence-electron chi connectivity index (χ2n) is 8.68. The van der Waals surface area contributed by atoms with Gasteiger partial charge in [0, 0.05) is 34.4 Å². The lowest BCUT2D eigenvalue weighted by molar-refractivity contribution is -0.387. The van der Waals surface area contributed by atoms with E-state index in [9.17, 15) is 34.5 Å². The van der Waals surface area contributed by atoms with Crippen LogP contribution >= 0.6 is 0 Å². The van der Waals surface area contributed by atoms with E-state index in [1.165, 1.54) is 24.3 Å². The molecule has 1 N–H and O–H groups in total. The van der Waals surface area contributed by atoms with Crippen molar-refractivity contribution in [1.29, 1.82) is 0 Å². The number of nitro groups is 2. The summed E-state index contributed by atoms with van der Waals surface area (Å²) in [5.41, 5.74) is -0.447. The molecule has 12 heteroatoms. The van der Waals surface area contributed by atoms with Crippen molar-refractivity contribution in [3.05, 3.63) is 133 Å². The van der Waals surface area contributed by atoms with Gasteiger partial charge in [0.05, 0.1) is 23.1 Å². The number of halogens is 1. The molecule has 1 aliphatic rings. The van der Waals surface area contributed by atoms with Gasteiger partial charge in [0.25, 0.3) is 0 Å². The molecule has 5 rings (SSSR count). The topological polar surface area (TPSA) is 151 Å². The molecule has 0 aliphatic carbocycles. The minimum Gasteiger partial charge on any atom is -0.508 e. The SMILES string of the molecule is O=C(c1ccc(F)c([N+](=O)[O-])c1)c1ccc(Oc2ccc(C3(c4ccc(O)cc4)OCCO3)cc2)c([N+](=O)[O-])c1. The van der Waals surface area contributed by atoms with Crippen LogP contribution in [0.25, 0.3) is 0 Å². The Labute approximate surface area is 225 Å². The second-order valence-corrected chi connectivity index (χ2v) is 8.68. The maximum atomic E-state index is 13.7. The van der Waals surface area contributed by atoms with E-state index in [1.807, 2.05) is 0 Å². The molecule has 1 heterocycles. The zero-order valence-electron chi connectivity index (χ0n) is 20.5. The normalized spacial score (nSPS) is 14.0. The number of hydrogen-bond acceptors (Lipinski definition) is 9. The number of carbonyl (C=O) groups is 1. The van der Waals surface area contributed by atoms with E-state index in [-0.39, 0.29) is 28.4 Å². The molecule has 0 unspecified atom stereocenters. The summed E-state index contributed by atoms with van der Waals surface area (Å²) in [5.74, 6) is -2.88. The van der Waals surface area contributed by atoms with Crippen LogP contribution in [0, 0.1) is 26.0 Å². The van der Waals surface area contributed by atoms with E-state index in [4.69, 9.17) is 14.2 Å². The van der Waals surface area contributed by atoms with Gasteiger partial charge in [-0.2, -0.15) is 4.39 Å². The minimum absolute atomic E-state index is 0.0916. The zero-order chi connectivity index (χ0) is 28.4. The molecule has 0 spiro atoms. The molecule has 1 aliphatic heterocycles. The van der Waals surface area contributed by atoms with Crippen LogP contribution < -0.4 is 4.74 Å². The molecule has 1 fully saturated rings. The van der Waals surface area contributed by atoms with E-state index < -0.39 is 38.6 Å². The van der Waals surface area contributed by atoms with Crippen LogP contribution in [0.1, 0.15) is 27.0 Å². The van der Waals surface area contributed by atoms with Crippen LogP contribution in [0.2, 0.25) is 0 Å². The number of ether oxygens (including phenoxy) is 3. The molecule has 0 saturated carbocycles. The molecule has 0 aromatic heterocycles. The average molecular weight is 546 g/mol. The number of hydrogen-bond donors (Lipinski definition) is 1. The van der Waals surface area contributed by atoms with Gasteiger partial charge in [-0.3, -0.25) is 25.0 Å². The maximum absolute atomic E-state index is 13.7. The van der Waals surface area contributed by atoms with Crippen molar-refractivity contribution >= 4 is 17.2 Å². The third-order valence-corrected chi connectivity index (χ3v) is 6.23. The highest BCUT2D eigenvalue weighted by Crippen LogP contribution is 2.40. The van der Waals surface area contributed by atoms with Gasteiger partial charge in [0.2, 0.25) is 17.4 Å². The number of benzene rings is 4. The number of aromatic hydroxyl groups is 1. The Kier molecular flexibility index (Phi) is 6.94. The van der Waals surface area contributed by atoms with Crippen LogP contribution in [-0.2, 0) is 15.3 Å². The Hall–Kier alpha value is -5.20. The van der Waals surface area contributed by atoms with E-state index in [0.29, 0.717) is 24.3 Å². The van der Waals surface area contributed by atoms with Gasteiger partial charge >= 0.3 is 11.4 Å². The first kappa shape index (κ1) is 26.4. The summed E-state index contributed by atoms with van der Waals surface area (Å²) in [6, 6.07) is 19.0. The fourth-order valence-electron chi connectivity index (χ4n) is 4.31. The molecule has 0 radical (unpaired) electrons. The van der Waals surface area contributed by atoms with Gasteiger partial charge in [0.15, 0.2) is 5.78 Å². The minimum atomic E-state index is -1.20. The first-order valence-electron chi connectivity index (χ1n) is 11.8. The third-order valence-electron chi connectivity index (χ3n) is 6.23. The molecule has 40 heavy (non-hydrogen) atoms. The lowest BCUT2D eigenvalue weighted by Crippen LogP contribution is -2.28. The summed E-state index contributed by atoms with van der Waals surface area (Å²) in [5, 5.41) is 32.4. The highest BCUT2D eigenvalue weighted by atomic mass is 19.1. The van der Waals surface area contributed by atoms with Crippen molar-refractivity contribution in [2.24, 2.45) is 0 Å². The predicted octanol–water partition coefficient (Wildman–Crippen LogP) is 5.62. The van der Waals surface area contributed by atoms with Crippen LogP contribution in [0.4, 0.5) is 15.8 Å². The fourth-order valence-corrected chi connectivity index (χ4v) is 4.31. The largest absolute Gasteiger partial charge is 0.508 e. The second kappa shape index (κ2) is 10.5. The van der Waals surface area contributed by atoms with Crippen LogP contribution in [-0.4, -0.2) is 34.0 Å². The van der Waals surface area contributed by atoms with Gasteiger partial charge in [0.1, 0.15) is 11.5 Å². The van der Waals surface area contributed by atoms with Crippen molar-refractivity contribution < 1.29 is 38.3 Å². The van der Waals surface area contributed by atoms with Crippen molar-refractivity contribution in [3.63, 3.8) is 0 Å². The molecule has 11 nitrogen and oxygen atoms in total. The number of nitrogens with zero attached hydrogens (tertiary/aromatic N) is 2. The zero-order valence-corrected chi connectivity index (χ0v) is 20.5. The number of phenolic OH excluding ortho intramolecular Hbond substituents is 1. The number of nitro benzene ring substituents is 2. The highest BCUT2D eigenvalue weighted by molar-refractivity contribution is 6.09. The first-order chi connectivity index (χ1) is 19.2.